The summed E-state index contributed by atoms with van der Waals surface area (Å²) in [4.78, 5) is 6.83. The van der Waals surface area contributed by atoms with Crippen molar-refractivity contribution in [1.29, 1.82) is 0 Å². The van der Waals surface area contributed by atoms with Crippen molar-refractivity contribution in [3.05, 3.63) is 11.7 Å². The first-order valence-corrected chi connectivity index (χ1v) is 7.13. The predicted molar refractivity (Wildman–Crippen MR) is 69.7 cm³/mol. The summed E-state index contributed by atoms with van der Waals surface area (Å²) in [5, 5.41) is 7.65. The second kappa shape index (κ2) is 5.19. The van der Waals surface area contributed by atoms with Crippen LogP contribution in [0.1, 0.15) is 44.0 Å². The van der Waals surface area contributed by atoms with Gasteiger partial charge in [0.15, 0.2) is 0 Å². The Labute approximate surface area is 113 Å². The Morgan fingerprint density at radius 3 is 3.11 bits per heavy atom. The van der Waals surface area contributed by atoms with Crippen LogP contribution in [-0.2, 0) is 10.3 Å². The van der Waals surface area contributed by atoms with Gasteiger partial charge in [-0.2, -0.15) is 4.98 Å². The summed E-state index contributed by atoms with van der Waals surface area (Å²) in [6.07, 6.45) is 3.14. The lowest BCUT2D eigenvalue weighted by Gasteiger charge is -2.28. The zero-order valence-electron chi connectivity index (χ0n) is 11.7. The molecule has 1 aromatic heterocycles. The van der Waals surface area contributed by atoms with Crippen molar-refractivity contribution in [1.82, 2.24) is 20.4 Å². The van der Waals surface area contributed by atoms with Crippen molar-refractivity contribution in [2.75, 3.05) is 33.3 Å². The van der Waals surface area contributed by atoms with Crippen molar-refractivity contribution in [2.45, 2.75) is 37.8 Å². The Morgan fingerprint density at radius 2 is 2.42 bits per heavy atom. The number of likely N-dealkylation sites (N-methyl/N-ethyl adjacent to an activating group) is 1. The van der Waals surface area contributed by atoms with Crippen LogP contribution in [0.5, 0.6) is 0 Å². The van der Waals surface area contributed by atoms with Crippen molar-refractivity contribution in [3.63, 3.8) is 0 Å². The third kappa shape index (κ3) is 2.40. The van der Waals surface area contributed by atoms with Gasteiger partial charge in [-0.25, -0.2) is 0 Å². The van der Waals surface area contributed by atoms with Crippen LogP contribution in [0.4, 0.5) is 0 Å². The maximum absolute atomic E-state index is 5.73. The number of aromatic nitrogens is 2. The van der Waals surface area contributed by atoms with Crippen molar-refractivity contribution < 1.29 is 9.26 Å². The number of hydrogen-bond donors (Lipinski definition) is 1. The van der Waals surface area contributed by atoms with E-state index >= 15 is 0 Å². The van der Waals surface area contributed by atoms with E-state index in [4.69, 9.17) is 9.26 Å². The highest BCUT2D eigenvalue weighted by molar-refractivity contribution is 5.07. The molecule has 6 nitrogen and oxygen atoms in total. The fourth-order valence-corrected chi connectivity index (χ4v) is 2.94. The van der Waals surface area contributed by atoms with Crippen LogP contribution in [-0.4, -0.2) is 48.3 Å². The largest absolute Gasteiger partial charge is 0.367 e. The van der Waals surface area contributed by atoms with Gasteiger partial charge in [0.05, 0.1) is 12.1 Å². The second-order valence-corrected chi connectivity index (χ2v) is 5.55. The molecule has 2 atom stereocenters. The van der Waals surface area contributed by atoms with Crippen LogP contribution in [0, 0.1) is 0 Å². The molecule has 0 spiro atoms. The third-order valence-corrected chi connectivity index (χ3v) is 4.26. The number of nitrogens with zero attached hydrogens (tertiary/aromatic N) is 3. The molecular formula is C13H22N4O2. The molecule has 0 saturated carbocycles. The molecule has 0 amide bonds. The summed E-state index contributed by atoms with van der Waals surface area (Å²) < 4.78 is 11.2. The molecule has 1 aromatic rings. The minimum atomic E-state index is -0.119. The fraction of sp³-hybridized carbons (Fsp3) is 0.846. The van der Waals surface area contributed by atoms with E-state index in [1.165, 1.54) is 0 Å². The Balaban J connectivity index is 1.79. The summed E-state index contributed by atoms with van der Waals surface area (Å²) in [6.45, 7) is 5.69. The molecule has 0 aliphatic carbocycles. The van der Waals surface area contributed by atoms with Crippen LogP contribution >= 0.6 is 0 Å². The monoisotopic (exact) mass is 266 g/mol. The molecule has 2 aliphatic heterocycles. The first-order chi connectivity index (χ1) is 9.23. The van der Waals surface area contributed by atoms with Gasteiger partial charge >= 0.3 is 0 Å². The quantitative estimate of drug-likeness (QED) is 0.882. The molecule has 2 saturated heterocycles. The molecule has 2 unspecified atom stereocenters. The average molecular weight is 266 g/mol. The van der Waals surface area contributed by atoms with Gasteiger partial charge in [-0.1, -0.05) is 12.1 Å². The van der Waals surface area contributed by atoms with E-state index < -0.39 is 0 Å². The first kappa shape index (κ1) is 13.0. The van der Waals surface area contributed by atoms with Crippen molar-refractivity contribution >= 4 is 0 Å². The summed E-state index contributed by atoms with van der Waals surface area (Å²) in [5.74, 6) is 1.41. The van der Waals surface area contributed by atoms with Gasteiger partial charge in [0.2, 0.25) is 11.7 Å². The molecule has 106 valence electrons. The minimum absolute atomic E-state index is 0.0634. The highest BCUT2D eigenvalue weighted by Gasteiger charge is 2.39. The molecule has 6 heteroatoms. The van der Waals surface area contributed by atoms with Crippen LogP contribution in [0.15, 0.2) is 4.52 Å². The average Bonchev–Trinajstić information content (AvgIpc) is 3.08. The number of ether oxygens (including phenoxy) is 1. The summed E-state index contributed by atoms with van der Waals surface area (Å²) >= 11 is 0. The zero-order valence-corrected chi connectivity index (χ0v) is 11.7. The summed E-state index contributed by atoms with van der Waals surface area (Å²) in [6, 6.07) is 0. The Morgan fingerprint density at radius 1 is 1.53 bits per heavy atom. The topological polar surface area (TPSA) is 63.4 Å². The summed E-state index contributed by atoms with van der Waals surface area (Å²) in [7, 11) is 2.09. The molecule has 19 heavy (non-hydrogen) atoms. The van der Waals surface area contributed by atoms with Crippen LogP contribution in [0.3, 0.4) is 0 Å². The Hall–Kier alpha value is -0.980. The lowest BCUT2D eigenvalue weighted by atomic mass is 9.94. The standard InChI is InChI=1S/C13H22N4O2/c1-3-13(5-4-6-14-13)12-15-11(16-19-12)10-9-17(2)7-8-18-10/h10,14H,3-9H2,1-2H3. The Bertz CT molecular complexity index is 428. The highest BCUT2D eigenvalue weighted by atomic mass is 16.5. The van der Waals surface area contributed by atoms with Crippen LogP contribution in [0.2, 0.25) is 0 Å². The van der Waals surface area contributed by atoms with Gasteiger partial charge in [-0.15, -0.1) is 0 Å². The van der Waals surface area contributed by atoms with Gasteiger partial charge in [0.25, 0.3) is 0 Å². The number of morpholine rings is 1. The molecule has 1 N–H and O–H groups in total. The van der Waals surface area contributed by atoms with Gasteiger partial charge < -0.3 is 19.5 Å². The summed E-state index contributed by atoms with van der Waals surface area (Å²) in [5.41, 5.74) is -0.119. The molecule has 0 bridgehead atoms. The molecule has 3 heterocycles. The molecule has 2 fully saturated rings. The van der Waals surface area contributed by atoms with Gasteiger partial charge in [-0.05, 0) is 32.9 Å². The van der Waals surface area contributed by atoms with Gasteiger partial charge in [0, 0.05) is 13.1 Å². The maximum atomic E-state index is 5.73. The predicted octanol–water partition coefficient (Wildman–Crippen LogP) is 1.06. The minimum Gasteiger partial charge on any atom is -0.367 e. The number of hydrogen-bond acceptors (Lipinski definition) is 6. The van der Waals surface area contributed by atoms with Crippen LogP contribution < -0.4 is 5.32 Å². The van der Waals surface area contributed by atoms with E-state index in [1.807, 2.05) is 0 Å². The van der Waals surface area contributed by atoms with E-state index in [2.05, 4.69) is 34.3 Å². The molecule has 0 radical (unpaired) electrons. The molecular weight excluding hydrogens is 244 g/mol. The second-order valence-electron chi connectivity index (χ2n) is 5.55. The number of nitrogens with one attached hydrogen (secondary N) is 1. The number of rotatable bonds is 3. The smallest absolute Gasteiger partial charge is 0.247 e. The fourth-order valence-electron chi connectivity index (χ4n) is 2.94. The molecule has 2 aliphatic rings. The van der Waals surface area contributed by atoms with E-state index in [0.717, 1.165) is 51.4 Å². The van der Waals surface area contributed by atoms with E-state index in [-0.39, 0.29) is 11.6 Å². The lowest BCUT2D eigenvalue weighted by Crippen LogP contribution is -2.37. The van der Waals surface area contributed by atoms with Crippen LogP contribution in [0.25, 0.3) is 0 Å². The zero-order chi connectivity index (χ0) is 13.3. The van der Waals surface area contributed by atoms with Gasteiger partial charge in [0.1, 0.15) is 6.10 Å². The SMILES string of the molecule is CCC1(c2nc(C3CN(C)CCO3)no2)CCCN1. The maximum Gasteiger partial charge on any atom is 0.247 e. The van der Waals surface area contributed by atoms with Gasteiger partial charge in [-0.3, -0.25) is 0 Å². The van der Waals surface area contributed by atoms with E-state index in [1.54, 1.807) is 0 Å². The third-order valence-electron chi connectivity index (χ3n) is 4.26. The normalized spacial score (nSPS) is 32.8. The van der Waals surface area contributed by atoms with E-state index in [0.29, 0.717) is 5.82 Å². The van der Waals surface area contributed by atoms with Crippen molar-refractivity contribution in [2.24, 2.45) is 0 Å². The van der Waals surface area contributed by atoms with E-state index in [9.17, 15) is 0 Å². The highest BCUT2D eigenvalue weighted by Crippen LogP contribution is 2.33. The molecule has 0 aromatic carbocycles. The first-order valence-electron chi connectivity index (χ1n) is 7.13. The van der Waals surface area contributed by atoms with Crippen molar-refractivity contribution in [3.8, 4) is 0 Å². The Kier molecular flexibility index (Phi) is 3.56. The lowest BCUT2D eigenvalue weighted by molar-refractivity contribution is -0.0264. The molecule has 3 rings (SSSR count).